The van der Waals surface area contributed by atoms with Gasteiger partial charge >= 0.3 is 0 Å². The smallest absolute Gasteiger partial charge is 0.236 e. The average Bonchev–Trinajstić information content (AvgIpc) is 3.48. The molecule has 0 bridgehead atoms. The van der Waals surface area contributed by atoms with Crippen molar-refractivity contribution in [2.75, 3.05) is 22.1 Å². The molecule has 4 aromatic rings. The molecule has 6 nitrogen and oxygen atoms in total. The first-order valence-corrected chi connectivity index (χ1v) is 14.1. The molecule has 0 unspecified atom stereocenters. The number of thioether (sulfide) groups is 2. The van der Waals surface area contributed by atoms with E-state index < -0.39 is 0 Å². The molecule has 2 aromatic carbocycles. The van der Waals surface area contributed by atoms with Gasteiger partial charge in [-0.15, -0.1) is 46.2 Å². The predicted molar refractivity (Wildman–Crippen MR) is 144 cm³/mol. The molecule has 0 fully saturated rings. The molecule has 0 saturated carbocycles. The maximum atomic E-state index is 12.3. The zero-order chi connectivity index (χ0) is 23.9. The summed E-state index contributed by atoms with van der Waals surface area (Å²) in [5, 5.41) is 10.4. The molecule has 34 heavy (non-hydrogen) atoms. The average molecular weight is 527 g/mol. The molecule has 0 aliphatic carbocycles. The molecule has 2 amide bonds. The Kier molecular flexibility index (Phi) is 8.39. The quantitative estimate of drug-likeness (QED) is 0.247. The van der Waals surface area contributed by atoms with Crippen LogP contribution in [0.1, 0.15) is 11.1 Å². The van der Waals surface area contributed by atoms with Crippen LogP contribution in [0.3, 0.4) is 0 Å². The van der Waals surface area contributed by atoms with Crippen LogP contribution in [0.25, 0.3) is 11.4 Å². The standard InChI is InChI=1S/C24H22N4O2S4/c1-15-3-7-17(8-4-15)31-13-21(29)27-23-25-19(11-33-23)20-12-34-24(26-20)28-22(30)14-32-18-9-5-16(2)6-10-18/h3-12H,13-14H2,1-2H3,(H,25,27,29)(H,26,28,30). The minimum atomic E-state index is -0.108. The highest BCUT2D eigenvalue weighted by molar-refractivity contribution is 8.00. The lowest BCUT2D eigenvalue weighted by atomic mass is 10.2. The summed E-state index contributed by atoms with van der Waals surface area (Å²) in [6, 6.07) is 16.1. The fourth-order valence-electron chi connectivity index (χ4n) is 2.78. The Morgan fingerprint density at radius 2 is 1.09 bits per heavy atom. The Balaban J connectivity index is 1.26. The van der Waals surface area contributed by atoms with Gasteiger partial charge in [0.25, 0.3) is 0 Å². The van der Waals surface area contributed by atoms with Crippen LogP contribution in [0.5, 0.6) is 0 Å². The molecular weight excluding hydrogens is 505 g/mol. The summed E-state index contributed by atoms with van der Waals surface area (Å²) in [4.78, 5) is 35.6. The van der Waals surface area contributed by atoms with Gasteiger partial charge in [-0.1, -0.05) is 35.4 Å². The Morgan fingerprint density at radius 3 is 1.47 bits per heavy atom. The molecule has 4 rings (SSSR count). The minimum absolute atomic E-state index is 0.108. The summed E-state index contributed by atoms with van der Waals surface area (Å²) >= 11 is 5.66. The van der Waals surface area contributed by atoms with E-state index in [1.54, 1.807) is 0 Å². The van der Waals surface area contributed by atoms with Crippen molar-refractivity contribution in [2.24, 2.45) is 0 Å². The van der Waals surface area contributed by atoms with E-state index in [1.807, 2.05) is 73.1 Å². The highest BCUT2D eigenvalue weighted by atomic mass is 32.2. The van der Waals surface area contributed by atoms with E-state index in [2.05, 4.69) is 20.6 Å². The number of nitrogens with zero attached hydrogens (tertiary/aromatic N) is 2. The van der Waals surface area contributed by atoms with Crippen molar-refractivity contribution >= 4 is 68.3 Å². The zero-order valence-electron chi connectivity index (χ0n) is 18.5. The van der Waals surface area contributed by atoms with E-state index in [4.69, 9.17) is 0 Å². The van der Waals surface area contributed by atoms with Gasteiger partial charge in [-0.3, -0.25) is 9.59 Å². The Labute approximate surface area is 214 Å². The molecular formula is C24H22N4O2S4. The lowest BCUT2D eigenvalue weighted by Crippen LogP contribution is -2.14. The van der Waals surface area contributed by atoms with Gasteiger partial charge in [0.2, 0.25) is 11.8 Å². The number of carbonyl (C=O) groups excluding carboxylic acids is 2. The highest BCUT2D eigenvalue weighted by Gasteiger charge is 2.13. The van der Waals surface area contributed by atoms with Crippen LogP contribution in [0.15, 0.2) is 69.1 Å². The lowest BCUT2D eigenvalue weighted by molar-refractivity contribution is -0.114. The second-order valence-electron chi connectivity index (χ2n) is 7.38. The molecule has 0 spiro atoms. The molecule has 0 saturated heterocycles. The Morgan fingerprint density at radius 1 is 0.706 bits per heavy atom. The molecule has 0 aliphatic heterocycles. The monoisotopic (exact) mass is 526 g/mol. The maximum Gasteiger partial charge on any atom is 0.236 e. The summed E-state index contributed by atoms with van der Waals surface area (Å²) in [6.07, 6.45) is 0. The van der Waals surface area contributed by atoms with Crippen LogP contribution in [0, 0.1) is 13.8 Å². The van der Waals surface area contributed by atoms with Gasteiger partial charge < -0.3 is 10.6 Å². The van der Waals surface area contributed by atoms with Crippen molar-refractivity contribution in [3.8, 4) is 11.4 Å². The van der Waals surface area contributed by atoms with E-state index in [9.17, 15) is 9.59 Å². The molecule has 10 heteroatoms. The van der Waals surface area contributed by atoms with Gasteiger partial charge in [0, 0.05) is 20.6 Å². The Hall–Kier alpha value is -2.66. The summed E-state index contributed by atoms with van der Waals surface area (Å²) in [7, 11) is 0. The Bertz CT molecular complexity index is 1170. The summed E-state index contributed by atoms with van der Waals surface area (Å²) < 4.78 is 0. The van der Waals surface area contributed by atoms with Crippen LogP contribution in [0.4, 0.5) is 10.3 Å². The molecule has 2 aromatic heterocycles. The van der Waals surface area contributed by atoms with Gasteiger partial charge in [0.05, 0.1) is 11.5 Å². The van der Waals surface area contributed by atoms with Crippen molar-refractivity contribution in [1.29, 1.82) is 0 Å². The van der Waals surface area contributed by atoms with Crippen molar-refractivity contribution in [2.45, 2.75) is 23.6 Å². The third-order valence-electron chi connectivity index (χ3n) is 4.55. The summed E-state index contributed by atoms with van der Waals surface area (Å²) in [5.41, 5.74) is 3.71. The van der Waals surface area contributed by atoms with Gasteiger partial charge in [-0.05, 0) is 38.1 Å². The van der Waals surface area contributed by atoms with Crippen molar-refractivity contribution in [1.82, 2.24) is 9.97 Å². The van der Waals surface area contributed by atoms with Crippen molar-refractivity contribution in [3.05, 3.63) is 70.4 Å². The lowest BCUT2D eigenvalue weighted by Gasteiger charge is -2.03. The molecule has 0 radical (unpaired) electrons. The molecule has 0 aliphatic rings. The topological polar surface area (TPSA) is 84.0 Å². The van der Waals surface area contributed by atoms with Crippen LogP contribution in [-0.2, 0) is 9.59 Å². The van der Waals surface area contributed by atoms with Gasteiger partial charge in [0.15, 0.2) is 10.3 Å². The van der Waals surface area contributed by atoms with E-state index in [-0.39, 0.29) is 11.8 Å². The van der Waals surface area contributed by atoms with Crippen LogP contribution >= 0.6 is 46.2 Å². The number of nitrogens with one attached hydrogen (secondary N) is 2. The van der Waals surface area contributed by atoms with Crippen LogP contribution < -0.4 is 10.6 Å². The summed E-state index contributed by atoms with van der Waals surface area (Å²) in [6.45, 7) is 4.07. The van der Waals surface area contributed by atoms with Gasteiger partial charge in [-0.25, -0.2) is 9.97 Å². The SMILES string of the molecule is Cc1ccc(SCC(=O)Nc2nc(-c3csc(NC(=O)CSc4ccc(C)cc4)n3)cs2)cc1. The second-order valence-corrected chi connectivity index (χ2v) is 11.2. The van der Waals surface area contributed by atoms with Gasteiger partial charge in [0.1, 0.15) is 11.4 Å². The number of benzene rings is 2. The number of amides is 2. The largest absolute Gasteiger partial charge is 0.301 e. The first-order chi connectivity index (χ1) is 16.4. The number of carbonyl (C=O) groups is 2. The third kappa shape index (κ3) is 7.17. The number of hydrogen-bond donors (Lipinski definition) is 2. The number of thiazole rings is 2. The number of anilines is 2. The first kappa shape index (κ1) is 24.5. The van der Waals surface area contributed by atoms with E-state index in [0.717, 1.165) is 9.79 Å². The molecule has 174 valence electrons. The van der Waals surface area contributed by atoms with Crippen LogP contribution in [-0.4, -0.2) is 33.3 Å². The molecule has 2 N–H and O–H groups in total. The second kappa shape index (κ2) is 11.7. The number of rotatable bonds is 9. The number of hydrogen-bond acceptors (Lipinski definition) is 8. The van der Waals surface area contributed by atoms with E-state index in [1.165, 1.54) is 57.3 Å². The maximum absolute atomic E-state index is 12.3. The van der Waals surface area contributed by atoms with Crippen LogP contribution in [0.2, 0.25) is 0 Å². The zero-order valence-corrected chi connectivity index (χ0v) is 21.8. The van der Waals surface area contributed by atoms with Gasteiger partial charge in [-0.2, -0.15) is 0 Å². The normalized spacial score (nSPS) is 10.8. The predicted octanol–water partition coefficient (Wildman–Crippen LogP) is 6.35. The van der Waals surface area contributed by atoms with E-state index in [0.29, 0.717) is 33.2 Å². The molecule has 0 atom stereocenters. The van der Waals surface area contributed by atoms with Crippen molar-refractivity contribution in [3.63, 3.8) is 0 Å². The van der Waals surface area contributed by atoms with E-state index >= 15 is 0 Å². The number of aromatic nitrogens is 2. The third-order valence-corrected chi connectivity index (χ3v) is 8.08. The first-order valence-electron chi connectivity index (χ1n) is 10.3. The molecule has 2 heterocycles. The fraction of sp³-hybridized carbons (Fsp3) is 0.167. The van der Waals surface area contributed by atoms with Crippen molar-refractivity contribution < 1.29 is 9.59 Å². The highest BCUT2D eigenvalue weighted by Crippen LogP contribution is 2.29. The summed E-state index contributed by atoms with van der Waals surface area (Å²) in [5.74, 6) is 0.407. The number of aryl methyl sites for hydroxylation is 2. The minimum Gasteiger partial charge on any atom is -0.301 e. The fourth-order valence-corrected chi connectivity index (χ4v) is 5.61.